The Morgan fingerprint density at radius 2 is 0.661 bits per heavy atom. The molecule has 0 unspecified atom stereocenters. The van der Waals surface area contributed by atoms with Crippen LogP contribution in [0.2, 0.25) is 0 Å². The molecule has 0 aliphatic rings. The van der Waals surface area contributed by atoms with E-state index in [4.69, 9.17) is 18.9 Å². The van der Waals surface area contributed by atoms with Gasteiger partial charge in [-0.3, -0.25) is 0 Å². The van der Waals surface area contributed by atoms with Gasteiger partial charge in [0.05, 0.1) is 11.1 Å². The van der Waals surface area contributed by atoms with Crippen molar-refractivity contribution < 1.29 is 78.4 Å². The Bertz CT molecular complexity index is 2200. The third-order valence-electron chi connectivity index (χ3n) is 8.03. The van der Waals surface area contributed by atoms with Crippen molar-refractivity contribution >= 4 is 35.8 Å². The smallest absolute Gasteiger partial charge is 0.339 e. The van der Waals surface area contributed by atoms with Crippen molar-refractivity contribution in [1.82, 2.24) is 0 Å². The Hall–Kier alpha value is -7.88. The molecule has 16 nitrogen and oxygen atoms in total. The lowest BCUT2D eigenvalue weighted by Gasteiger charge is -2.18. The van der Waals surface area contributed by atoms with Gasteiger partial charge in [0.2, 0.25) is 0 Å². The van der Waals surface area contributed by atoms with E-state index in [0.29, 0.717) is 22.3 Å². The minimum Gasteiger partial charge on any atom is -0.488 e. The minimum atomic E-state index is -1.44. The number of hydrogen-bond acceptors (Lipinski definition) is 10. The molecule has 5 aromatic rings. The number of carbonyl (C=O) groups is 6. The largest absolute Gasteiger partial charge is 0.488 e. The van der Waals surface area contributed by atoms with Crippen molar-refractivity contribution in [2.45, 2.75) is 26.4 Å². The van der Waals surface area contributed by atoms with Crippen LogP contribution in [0, 0.1) is 0 Å². The van der Waals surface area contributed by atoms with Gasteiger partial charge in [-0.1, -0.05) is 36.4 Å². The standard InChI is InChI=1S/C40H30O16/c41-35(42)25-7-9-27(37(45)46)31(15-25)53-17-21-3-1-5-23(13-21)19-55-33-29(39(49)50)11-12-30(40(51)52)34(33)56-20-24-6-2-4-22(14-24)18-54-32-16-26(36(43)44)8-10-28(32)38(47)48/h1-16H,17-20H2,(H,41,42)(H,43,44)(H,45,46)(H,47,48)(H,49,50)(H,51,52). The first-order valence-corrected chi connectivity index (χ1v) is 16.2. The quantitative estimate of drug-likeness (QED) is 0.0580. The van der Waals surface area contributed by atoms with E-state index < -0.39 is 46.9 Å². The highest BCUT2D eigenvalue weighted by molar-refractivity contribution is 5.98. The second-order valence-corrected chi connectivity index (χ2v) is 11.9. The van der Waals surface area contributed by atoms with E-state index in [9.17, 15) is 59.4 Å². The molecule has 0 amide bonds. The molecule has 16 heteroatoms. The average molecular weight is 767 g/mol. The Kier molecular flexibility index (Phi) is 12.1. The molecule has 0 heterocycles. The Balaban J connectivity index is 1.34. The number of hydrogen-bond donors (Lipinski definition) is 6. The first-order chi connectivity index (χ1) is 26.7. The van der Waals surface area contributed by atoms with Crippen molar-refractivity contribution in [2.75, 3.05) is 0 Å². The number of rotatable bonds is 18. The van der Waals surface area contributed by atoms with Gasteiger partial charge >= 0.3 is 35.8 Å². The predicted molar refractivity (Wildman–Crippen MR) is 191 cm³/mol. The number of aromatic carboxylic acids is 6. The van der Waals surface area contributed by atoms with E-state index in [-0.39, 0.29) is 71.7 Å². The second-order valence-electron chi connectivity index (χ2n) is 11.9. The summed E-state index contributed by atoms with van der Waals surface area (Å²) in [7, 11) is 0. The van der Waals surface area contributed by atoms with Gasteiger partial charge in [0.15, 0.2) is 11.5 Å². The van der Waals surface area contributed by atoms with Gasteiger partial charge in [-0.25, -0.2) is 28.8 Å². The monoisotopic (exact) mass is 766 g/mol. The summed E-state index contributed by atoms with van der Waals surface area (Å²) in [5.41, 5.74) is 0.304. The van der Waals surface area contributed by atoms with E-state index in [1.165, 1.54) is 0 Å². The molecule has 0 spiro atoms. The maximum absolute atomic E-state index is 12.3. The zero-order valence-electron chi connectivity index (χ0n) is 28.8. The zero-order valence-corrected chi connectivity index (χ0v) is 28.8. The lowest BCUT2D eigenvalue weighted by atomic mass is 10.1. The van der Waals surface area contributed by atoms with Crippen LogP contribution in [0.15, 0.2) is 97.1 Å². The summed E-state index contributed by atoms with van der Waals surface area (Å²) in [6.45, 7) is -0.923. The van der Waals surface area contributed by atoms with Crippen LogP contribution >= 0.6 is 0 Å². The molecule has 5 rings (SSSR count). The zero-order chi connectivity index (χ0) is 40.5. The van der Waals surface area contributed by atoms with E-state index in [1.54, 1.807) is 48.5 Å². The second kappa shape index (κ2) is 17.3. The van der Waals surface area contributed by atoms with Gasteiger partial charge in [-0.05, 0) is 82.9 Å². The van der Waals surface area contributed by atoms with Crippen LogP contribution in [0.5, 0.6) is 23.0 Å². The first kappa shape index (κ1) is 39.3. The van der Waals surface area contributed by atoms with Gasteiger partial charge < -0.3 is 49.6 Å². The van der Waals surface area contributed by atoms with Crippen molar-refractivity contribution in [2.24, 2.45) is 0 Å². The molecule has 6 N–H and O–H groups in total. The molecule has 0 atom stereocenters. The highest BCUT2D eigenvalue weighted by atomic mass is 16.5. The summed E-state index contributed by atoms with van der Waals surface area (Å²) < 4.78 is 23.1. The van der Waals surface area contributed by atoms with Crippen molar-refractivity contribution in [1.29, 1.82) is 0 Å². The van der Waals surface area contributed by atoms with Crippen molar-refractivity contribution in [3.63, 3.8) is 0 Å². The van der Waals surface area contributed by atoms with Crippen LogP contribution in [-0.4, -0.2) is 66.5 Å². The third kappa shape index (κ3) is 9.56. The maximum atomic E-state index is 12.3. The van der Waals surface area contributed by atoms with Crippen LogP contribution in [0.3, 0.4) is 0 Å². The number of carboxylic acids is 6. The Morgan fingerprint density at radius 3 is 0.964 bits per heavy atom. The molecule has 0 aliphatic carbocycles. The van der Waals surface area contributed by atoms with Crippen LogP contribution in [0.4, 0.5) is 0 Å². The summed E-state index contributed by atoms with van der Waals surface area (Å²) >= 11 is 0. The van der Waals surface area contributed by atoms with E-state index >= 15 is 0 Å². The summed E-state index contributed by atoms with van der Waals surface area (Å²) in [4.78, 5) is 70.6. The van der Waals surface area contributed by atoms with Crippen LogP contribution in [0.1, 0.15) is 84.4 Å². The molecule has 5 aromatic carbocycles. The summed E-state index contributed by atoms with van der Waals surface area (Å²) in [5.74, 6) is -9.18. The molecule has 0 radical (unpaired) electrons. The molecule has 286 valence electrons. The van der Waals surface area contributed by atoms with E-state index in [2.05, 4.69) is 0 Å². The van der Waals surface area contributed by atoms with Crippen LogP contribution in [0.25, 0.3) is 0 Å². The Labute approximate surface area is 315 Å². The molecule has 0 aliphatic heterocycles. The molecule has 0 saturated heterocycles. The maximum Gasteiger partial charge on any atom is 0.339 e. The normalized spacial score (nSPS) is 10.6. The summed E-state index contributed by atoms with van der Waals surface area (Å²) in [6.07, 6.45) is 0. The fourth-order valence-corrected chi connectivity index (χ4v) is 5.34. The van der Waals surface area contributed by atoms with Gasteiger partial charge in [0.25, 0.3) is 0 Å². The number of carboxylic acid groups (broad SMARTS) is 6. The number of benzene rings is 5. The lowest BCUT2D eigenvalue weighted by molar-refractivity contribution is 0.0670. The van der Waals surface area contributed by atoms with Gasteiger partial charge in [0, 0.05) is 0 Å². The molecule has 0 aromatic heterocycles. The van der Waals surface area contributed by atoms with Crippen LogP contribution < -0.4 is 18.9 Å². The molecular formula is C40H30O16. The topological polar surface area (TPSA) is 261 Å². The van der Waals surface area contributed by atoms with Gasteiger partial charge in [-0.15, -0.1) is 0 Å². The summed E-state index contributed by atoms with van der Waals surface area (Å²) in [5, 5.41) is 57.6. The molecule has 0 fully saturated rings. The summed E-state index contributed by atoms with van der Waals surface area (Å²) in [6, 6.07) is 21.8. The number of ether oxygens (including phenoxy) is 4. The fourth-order valence-electron chi connectivity index (χ4n) is 5.34. The fraction of sp³-hybridized carbons (Fsp3) is 0.100. The highest BCUT2D eigenvalue weighted by Crippen LogP contribution is 2.37. The van der Waals surface area contributed by atoms with Gasteiger partial charge in [0.1, 0.15) is 60.2 Å². The van der Waals surface area contributed by atoms with Gasteiger partial charge in [-0.2, -0.15) is 0 Å². The van der Waals surface area contributed by atoms with E-state index in [1.807, 2.05) is 0 Å². The lowest BCUT2D eigenvalue weighted by Crippen LogP contribution is -2.11. The molecule has 0 saturated carbocycles. The Morgan fingerprint density at radius 1 is 0.357 bits per heavy atom. The minimum absolute atomic E-state index is 0.173. The molecule has 56 heavy (non-hydrogen) atoms. The predicted octanol–water partition coefficient (Wildman–Crippen LogP) is 6.19. The molecule has 0 bridgehead atoms. The highest BCUT2D eigenvalue weighted by Gasteiger charge is 2.25. The third-order valence-corrected chi connectivity index (χ3v) is 8.03. The van der Waals surface area contributed by atoms with Crippen molar-refractivity contribution in [3.05, 3.63) is 153 Å². The van der Waals surface area contributed by atoms with E-state index in [0.717, 1.165) is 48.5 Å². The van der Waals surface area contributed by atoms with Crippen LogP contribution in [-0.2, 0) is 26.4 Å². The SMILES string of the molecule is O=C(O)c1ccc(C(=O)O)c(OCc2cccc(COc3c(C(=O)O)ccc(C(=O)O)c3OCc3cccc(COc4cc(C(=O)O)ccc4C(=O)O)c3)c2)c1. The first-order valence-electron chi connectivity index (χ1n) is 16.2. The average Bonchev–Trinajstić information content (AvgIpc) is 3.17. The van der Waals surface area contributed by atoms with Crippen molar-refractivity contribution in [3.8, 4) is 23.0 Å². The molecular weight excluding hydrogens is 736 g/mol.